The monoisotopic (exact) mass is 410 g/mol. The molecule has 0 spiro atoms. The number of carbonyl (C=O) groups excluding carboxylic acids is 2. The number of thioether (sulfide) groups is 1. The van der Waals surface area contributed by atoms with Gasteiger partial charge in [-0.05, 0) is 43.2 Å². The second-order valence-corrected chi connectivity index (χ2v) is 7.58. The van der Waals surface area contributed by atoms with Gasteiger partial charge in [-0.2, -0.15) is 0 Å². The highest BCUT2D eigenvalue weighted by Crippen LogP contribution is 2.23. The summed E-state index contributed by atoms with van der Waals surface area (Å²) in [6.45, 7) is 3.92. The first kappa shape index (κ1) is 20.7. The maximum atomic E-state index is 12.9. The van der Waals surface area contributed by atoms with Gasteiger partial charge in [0.1, 0.15) is 5.56 Å². The average molecular weight is 410 g/mol. The predicted molar refractivity (Wildman–Crippen MR) is 116 cm³/mol. The van der Waals surface area contributed by atoms with Crippen LogP contribution in [0.25, 0.3) is 10.9 Å². The molecule has 2 aromatic carbocycles. The molecule has 1 amide bonds. The Kier molecular flexibility index (Phi) is 6.39. The molecule has 1 aromatic heterocycles. The molecule has 0 aliphatic heterocycles. The quantitative estimate of drug-likeness (QED) is 0.475. The molecule has 29 heavy (non-hydrogen) atoms. The second-order valence-electron chi connectivity index (χ2n) is 6.59. The Morgan fingerprint density at radius 2 is 1.97 bits per heavy atom. The fourth-order valence-electron chi connectivity index (χ4n) is 2.98. The number of pyridine rings is 1. The van der Waals surface area contributed by atoms with Crippen molar-refractivity contribution in [2.45, 2.75) is 25.3 Å². The average Bonchev–Trinajstić information content (AvgIpc) is 2.72. The van der Waals surface area contributed by atoms with Crippen LogP contribution in [0.3, 0.4) is 0 Å². The van der Waals surface area contributed by atoms with Crippen LogP contribution in [0.2, 0.25) is 0 Å². The smallest absolute Gasteiger partial charge is 0.344 e. The minimum absolute atomic E-state index is 0.0354. The van der Waals surface area contributed by atoms with Gasteiger partial charge in [-0.1, -0.05) is 42.4 Å². The molecule has 0 bridgehead atoms. The molecule has 3 aromatic rings. The first-order valence-electron chi connectivity index (χ1n) is 9.19. The van der Waals surface area contributed by atoms with Crippen LogP contribution in [0.4, 0.5) is 5.69 Å². The summed E-state index contributed by atoms with van der Waals surface area (Å²) >= 11 is 1.09. The van der Waals surface area contributed by atoms with Crippen molar-refractivity contribution in [3.8, 4) is 0 Å². The number of aromatic amines is 1. The molecule has 7 heteroatoms. The van der Waals surface area contributed by atoms with Crippen LogP contribution in [0, 0.1) is 6.92 Å². The Labute approximate surface area is 172 Å². The van der Waals surface area contributed by atoms with Gasteiger partial charge in [0.25, 0.3) is 0 Å². The number of H-pyrrole nitrogens is 1. The lowest BCUT2D eigenvalue weighted by molar-refractivity contribution is -0.113. The highest BCUT2D eigenvalue weighted by Gasteiger charge is 2.21. The summed E-state index contributed by atoms with van der Waals surface area (Å²) in [6.07, 6.45) is 0.874. The third-order valence-corrected chi connectivity index (χ3v) is 5.48. The number of methoxy groups -OCH3 is 1. The van der Waals surface area contributed by atoms with Crippen molar-refractivity contribution in [1.82, 2.24) is 4.98 Å². The van der Waals surface area contributed by atoms with Crippen molar-refractivity contribution >= 4 is 40.2 Å². The fraction of sp³-hybridized carbons (Fsp3) is 0.227. The molecule has 6 nitrogen and oxygen atoms in total. The molecule has 2 N–H and O–H groups in total. The SMILES string of the molecule is CCc1cccc(NC(=O)CSc2[nH]c3ccc(C)cc3c(=O)c2C(=O)OC)c1. The molecule has 3 rings (SSSR count). The number of esters is 1. The molecule has 0 saturated carbocycles. The highest BCUT2D eigenvalue weighted by atomic mass is 32.2. The largest absolute Gasteiger partial charge is 0.465 e. The number of fused-ring (bicyclic) bond motifs is 1. The zero-order chi connectivity index (χ0) is 21.0. The summed E-state index contributed by atoms with van der Waals surface area (Å²) in [6, 6.07) is 13.0. The van der Waals surface area contributed by atoms with E-state index in [1.807, 2.05) is 44.2 Å². The van der Waals surface area contributed by atoms with E-state index < -0.39 is 11.4 Å². The van der Waals surface area contributed by atoms with E-state index in [9.17, 15) is 14.4 Å². The Morgan fingerprint density at radius 1 is 1.17 bits per heavy atom. The van der Waals surface area contributed by atoms with E-state index >= 15 is 0 Å². The number of nitrogens with one attached hydrogen (secondary N) is 2. The van der Waals surface area contributed by atoms with Gasteiger partial charge < -0.3 is 15.0 Å². The highest BCUT2D eigenvalue weighted by molar-refractivity contribution is 8.00. The number of rotatable bonds is 6. The van der Waals surface area contributed by atoms with Gasteiger partial charge in [-0.3, -0.25) is 9.59 Å². The van der Waals surface area contributed by atoms with Crippen LogP contribution in [0.1, 0.15) is 28.4 Å². The van der Waals surface area contributed by atoms with E-state index in [-0.39, 0.29) is 17.2 Å². The van der Waals surface area contributed by atoms with Gasteiger partial charge in [0.2, 0.25) is 11.3 Å². The van der Waals surface area contributed by atoms with Crippen molar-refractivity contribution < 1.29 is 14.3 Å². The lowest BCUT2D eigenvalue weighted by Gasteiger charge is -2.11. The maximum Gasteiger partial charge on any atom is 0.344 e. The van der Waals surface area contributed by atoms with E-state index in [0.29, 0.717) is 21.6 Å². The van der Waals surface area contributed by atoms with E-state index in [2.05, 4.69) is 10.3 Å². The Hall–Kier alpha value is -3.06. The van der Waals surface area contributed by atoms with Crippen molar-refractivity contribution in [2.75, 3.05) is 18.2 Å². The molecule has 1 heterocycles. The first-order valence-corrected chi connectivity index (χ1v) is 10.2. The van der Waals surface area contributed by atoms with E-state index in [0.717, 1.165) is 29.3 Å². The van der Waals surface area contributed by atoms with Crippen molar-refractivity contribution in [3.05, 3.63) is 69.4 Å². The number of hydrogen-bond acceptors (Lipinski definition) is 5. The van der Waals surface area contributed by atoms with Crippen molar-refractivity contribution in [1.29, 1.82) is 0 Å². The topological polar surface area (TPSA) is 88.3 Å². The molecular weight excluding hydrogens is 388 g/mol. The third kappa shape index (κ3) is 4.68. The second kappa shape index (κ2) is 8.96. The van der Waals surface area contributed by atoms with E-state index in [1.165, 1.54) is 7.11 Å². The summed E-state index contributed by atoms with van der Waals surface area (Å²) in [4.78, 5) is 40.6. The van der Waals surface area contributed by atoms with Crippen LogP contribution >= 0.6 is 11.8 Å². The molecule has 0 unspecified atom stereocenters. The van der Waals surface area contributed by atoms with Crippen molar-refractivity contribution in [3.63, 3.8) is 0 Å². The standard InChI is InChI=1S/C22H22N2O4S/c1-4-14-6-5-7-15(11-14)23-18(25)12-29-21-19(22(27)28-3)20(26)16-10-13(2)8-9-17(16)24-21/h5-11H,4,12H2,1-3H3,(H,23,25)(H,24,26). The van der Waals surface area contributed by atoms with Gasteiger partial charge in [-0.25, -0.2) is 4.79 Å². The molecule has 0 atom stereocenters. The molecule has 0 saturated heterocycles. The van der Waals surface area contributed by atoms with Crippen LogP contribution in [-0.4, -0.2) is 29.7 Å². The number of ether oxygens (including phenoxy) is 1. The van der Waals surface area contributed by atoms with Crippen LogP contribution in [-0.2, 0) is 16.0 Å². The predicted octanol–water partition coefficient (Wildman–Crippen LogP) is 3.92. The molecular formula is C22H22N2O4S. The molecule has 0 aliphatic rings. The lowest BCUT2D eigenvalue weighted by atomic mass is 10.1. The lowest BCUT2D eigenvalue weighted by Crippen LogP contribution is -2.20. The van der Waals surface area contributed by atoms with Crippen LogP contribution in [0.5, 0.6) is 0 Å². The molecule has 0 aliphatic carbocycles. The van der Waals surface area contributed by atoms with E-state index in [1.54, 1.807) is 12.1 Å². The zero-order valence-corrected chi connectivity index (χ0v) is 17.3. The summed E-state index contributed by atoms with van der Waals surface area (Å²) in [5.74, 6) is -0.926. The minimum Gasteiger partial charge on any atom is -0.465 e. The normalized spacial score (nSPS) is 10.7. The number of benzene rings is 2. The Bertz CT molecular complexity index is 1140. The number of hydrogen-bond donors (Lipinski definition) is 2. The molecule has 150 valence electrons. The molecule has 0 radical (unpaired) electrons. The van der Waals surface area contributed by atoms with Crippen molar-refractivity contribution in [2.24, 2.45) is 0 Å². The summed E-state index contributed by atoms with van der Waals surface area (Å²) in [5.41, 5.74) is 2.85. The van der Waals surface area contributed by atoms with Crippen LogP contribution < -0.4 is 10.7 Å². The Morgan fingerprint density at radius 3 is 2.69 bits per heavy atom. The summed E-state index contributed by atoms with van der Waals surface area (Å²) in [7, 11) is 1.23. The van der Waals surface area contributed by atoms with Gasteiger partial charge in [0.05, 0.1) is 23.4 Å². The third-order valence-electron chi connectivity index (χ3n) is 4.48. The van der Waals surface area contributed by atoms with Gasteiger partial charge in [-0.15, -0.1) is 0 Å². The fourth-order valence-corrected chi connectivity index (χ4v) is 3.83. The van der Waals surface area contributed by atoms with Gasteiger partial charge in [0.15, 0.2) is 0 Å². The first-order chi connectivity index (χ1) is 13.9. The van der Waals surface area contributed by atoms with Gasteiger partial charge in [0, 0.05) is 11.1 Å². The molecule has 0 fully saturated rings. The number of anilines is 1. The number of aryl methyl sites for hydroxylation is 2. The van der Waals surface area contributed by atoms with Crippen LogP contribution in [0.15, 0.2) is 52.3 Å². The Balaban J connectivity index is 1.86. The number of amides is 1. The van der Waals surface area contributed by atoms with Gasteiger partial charge >= 0.3 is 5.97 Å². The zero-order valence-electron chi connectivity index (χ0n) is 16.5. The number of aromatic nitrogens is 1. The van der Waals surface area contributed by atoms with E-state index in [4.69, 9.17) is 4.74 Å². The summed E-state index contributed by atoms with van der Waals surface area (Å²) in [5, 5.41) is 3.57. The maximum absolute atomic E-state index is 12.9. The summed E-state index contributed by atoms with van der Waals surface area (Å²) < 4.78 is 4.79. The minimum atomic E-state index is -0.729. The number of carbonyl (C=O) groups is 2.